The third-order valence-electron chi connectivity index (χ3n) is 4.76. The summed E-state index contributed by atoms with van der Waals surface area (Å²) >= 11 is 0. The Bertz CT molecular complexity index is 852. The van der Waals surface area contributed by atoms with Crippen LogP contribution in [0.1, 0.15) is 43.5 Å². The first kappa shape index (κ1) is 19.6. The molecule has 0 spiro atoms. The molecule has 1 amide bonds. The van der Waals surface area contributed by atoms with Gasteiger partial charge in [-0.05, 0) is 32.3 Å². The van der Waals surface area contributed by atoms with Crippen LogP contribution in [0.15, 0.2) is 12.1 Å². The summed E-state index contributed by atoms with van der Waals surface area (Å²) in [5.41, 5.74) is 0.684. The van der Waals surface area contributed by atoms with Crippen molar-refractivity contribution in [2.45, 2.75) is 33.1 Å². The van der Waals surface area contributed by atoms with Crippen LogP contribution in [0, 0.1) is 5.92 Å². The van der Waals surface area contributed by atoms with Crippen molar-refractivity contribution in [1.82, 2.24) is 4.31 Å². The number of hydrogen-bond acceptors (Lipinski definition) is 6. The number of Topliss-reactive ketones (excluding diaryl/α,β-unsaturated/α-hetero) is 1. The first-order valence-corrected chi connectivity index (χ1v) is 10.7. The van der Waals surface area contributed by atoms with E-state index in [1.165, 1.54) is 11.2 Å². The largest absolute Gasteiger partial charge is 0.454 e. The van der Waals surface area contributed by atoms with E-state index in [1.54, 1.807) is 12.1 Å². The Morgan fingerprint density at radius 2 is 1.96 bits per heavy atom. The smallest absolute Gasteiger partial charge is 0.231 e. The maximum atomic E-state index is 12.8. The molecule has 1 fully saturated rings. The lowest BCUT2D eigenvalue weighted by atomic mass is 9.98. The number of benzene rings is 1. The monoisotopic (exact) mass is 396 g/mol. The van der Waals surface area contributed by atoms with Gasteiger partial charge in [0.25, 0.3) is 0 Å². The molecule has 0 bridgehead atoms. The van der Waals surface area contributed by atoms with Gasteiger partial charge in [0, 0.05) is 24.7 Å². The van der Waals surface area contributed by atoms with Gasteiger partial charge >= 0.3 is 0 Å². The Morgan fingerprint density at radius 3 is 2.63 bits per heavy atom. The second-order valence-corrected chi connectivity index (χ2v) is 8.90. The van der Waals surface area contributed by atoms with Crippen molar-refractivity contribution < 1.29 is 27.5 Å². The normalized spacial score (nSPS) is 19.7. The maximum Gasteiger partial charge on any atom is 0.231 e. The number of nitrogens with zero attached hydrogens (tertiary/aromatic N) is 1. The number of ketones is 1. The molecule has 1 atom stereocenters. The topological polar surface area (TPSA) is 102 Å². The summed E-state index contributed by atoms with van der Waals surface area (Å²) in [6, 6.07) is 3.13. The fourth-order valence-electron chi connectivity index (χ4n) is 3.37. The zero-order chi connectivity index (χ0) is 19.6. The summed E-state index contributed by atoms with van der Waals surface area (Å²) < 4.78 is 36.6. The van der Waals surface area contributed by atoms with Gasteiger partial charge < -0.3 is 14.8 Å². The number of rotatable bonds is 6. The highest BCUT2D eigenvalue weighted by molar-refractivity contribution is 7.89. The standard InChI is InChI=1S/C18H24N2O6S/c1-3-7-27(23,24)20-6-4-5-13(10-20)18(22)19-15-9-17-16(25-11-26-17)8-14(15)12(2)21/h8-9,13H,3-7,10-11H2,1-2H3,(H,19,22). The van der Waals surface area contributed by atoms with Gasteiger partial charge in [0.15, 0.2) is 17.3 Å². The molecule has 148 valence electrons. The number of piperidine rings is 1. The van der Waals surface area contributed by atoms with Crippen LogP contribution in [0.3, 0.4) is 0 Å². The summed E-state index contributed by atoms with van der Waals surface area (Å²) in [5.74, 6) is 0.0411. The van der Waals surface area contributed by atoms with Crippen LogP contribution in [0.4, 0.5) is 5.69 Å². The second kappa shape index (κ2) is 7.85. The van der Waals surface area contributed by atoms with Crippen molar-refractivity contribution in [2.24, 2.45) is 5.92 Å². The second-order valence-electron chi connectivity index (χ2n) is 6.81. The van der Waals surface area contributed by atoms with E-state index in [0.717, 1.165) is 0 Å². The van der Waals surface area contributed by atoms with Gasteiger partial charge in [0.1, 0.15) is 0 Å². The van der Waals surface area contributed by atoms with Crippen molar-refractivity contribution in [3.05, 3.63) is 17.7 Å². The Hall–Kier alpha value is -2.13. The van der Waals surface area contributed by atoms with Crippen LogP contribution >= 0.6 is 0 Å². The van der Waals surface area contributed by atoms with Crippen molar-refractivity contribution in [1.29, 1.82) is 0 Å². The van der Waals surface area contributed by atoms with E-state index in [0.29, 0.717) is 48.6 Å². The highest BCUT2D eigenvalue weighted by Gasteiger charge is 2.32. The first-order valence-electron chi connectivity index (χ1n) is 9.05. The van der Waals surface area contributed by atoms with Crippen LogP contribution in [0.5, 0.6) is 11.5 Å². The van der Waals surface area contributed by atoms with Gasteiger partial charge in [0.2, 0.25) is 22.7 Å². The lowest BCUT2D eigenvalue weighted by molar-refractivity contribution is -0.120. The summed E-state index contributed by atoms with van der Waals surface area (Å²) in [4.78, 5) is 24.7. The Labute approximate surface area is 158 Å². The van der Waals surface area contributed by atoms with E-state index >= 15 is 0 Å². The minimum absolute atomic E-state index is 0.0664. The lowest BCUT2D eigenvalue weighted by Crippen LogP contribution is -2.44. The quantitative estimate of drug-likeness (QED) is 0.738. The van der Waals surface area contributed by atoms with Crippen LogP contribution < -0.4 is 14.8 Å². The van der Waals surface area contributed by atoms with Gasteiger partial charge in [-0.1, -0.05) is 6.92 Å². The zero-order valence-corrected chi connectivity index (χ0v) is 16.3. The molecule has 2 aliphatic heterocycles. The fourth-order valence-corrected chi connectivity index (χ4v) is 4.96. The molecule has 27 heavy (non-hydrogen) atoms. The molecular formula is C18H24N2O6S. The third-order valence-corrected chi connectivity index (χ3v) is 6.80. The molecule has 3 rings (SSSR count). The Morgan fingerprint density at radius 1 is 1.26 bits per heavy atom. The average molecular weight is 396 g/mol. The zero-order valence-electron chi connectivity index (χ0n) is 15.5. The fraction of sp³-hybridized carbons (Fsp3) is 0.556. The van der Waals surface area contributed by atoms with E-state index in [-0.39, 0.29) is 30.8 Å². The average Bonchev–Trinajstić information content (AvgIpc) is 3.08. The SMILES string of the molecule is CCCS(=O)(=O)N1CCCC(C(=O)Nc2cc3c(cc2C(C)=O)OCO3)C1. The first-order chi connectivity index (χ1) is 12.8. The molecule has 0 aliphatic carbocycles. The molecule has 1 unspecified atom stereocenters. The summed E-state index contributed by atoms with van der Waals surface area (Å²) in [6.45, 7) is 3.89. The third kappa shape index (κ3) is 4.24. The van der Waals surface area contributed by atoms with Gasteiger partial charge in [-0.15, -0.1) is 0 Å². The highest BCUT2D eigenvalue weighted by Crippen LogP contribution is 2.37. The predicted octanol–water partition coefficient (Wildman–Crippen LogP) is 2.01. The number of anilines is 1. The number of nitrogens with one attached hydrogen (secondary N) is 1. The van der Waals surface area contributed by atoms with E-state index in [2.05, 4.69) is 5.32 Å². The van der Waals surface area contributed by atoms with Gasteiger partial charge in [-0.3, -0.25) is 9.59 Å². The van der Waals surface area contributed by atoms with Gasteiger partial charge in [-0.2, -0.15) is 0 Å². The molecule has 8 nitrogen and oxygen atoms in total. The van der Waals surface area contributed by atoms with Crippen molar-refractivity contribution in [3.63, 3.8) is 0 Å². The van der Waals surface area contributed by atoms with Crippen LogP contribution in [0.2, 0.25) is 0 Å². The molecule has 0 radical (unpaired) electrons. The molecule has 2 aliphatic rings. The number of ether oxygens (including phenoxy) is 2. The van der Waals surface area contributed by atoms with Gasteiger partial charge in [-0.25, -0.2) is 12.7 Å². The van der Waals surface area contributed by atoms with Gasteiger partial charge in [0.05, 0.1) is 17.4 Å². The van der Waals surface area contributed by atoms with Crippen molar-refractivity contribution in [2.75, 3.05) is 31.0 Å². The summed E-state index contributed by atoms with van der Waals surface area (Å²) in [5, 5.41) is 2.78. The molecule has 0 aromatic heterocycles. The van der Waals surface area contributed by atoms with Crippen LogP contribution in [-0.4, -0.2) is 50.0 Å². The number of amides is 1. The van der Waals surface area contributed by atoms with E-state index < -0.39 is 15.9 Å². The van der Waals surface area contributed by atoms with Crippen molar-refractivity contribution in [3.8, 4) is 11.5 Å². The molecule has 0 saturated carbocycles. The number of sulfonamides is 1. The minimum Gasteiger partial charge on any atom is -0.454 e. The Kier molecular flexibility index (Phi) is 5.71. The summed E-state index contributed by atoms with van der Waals surface area (Å²) in [6.07, 6.45) is 1.76. The number of carbonyl (C=O) groups is 2. The van der Waals surface area contributed by atoms with Crippen LogP contribution in [-0.2, 0) is 14.8 Å². The number of hydrogen-bond donors (Lipinski definition) is 1. The number of carbonyl (C=O) groups excluding carboxylic acids is 2. The van der Waals surface area contributed by atoms with Crippen molar-refractivity contribution >= 4 is 27.4 Å². The molecule has 1 aromatic rings. The van der Waals surface area contributed by atoms with E-state index in [9.17, 15) is 18.0 Å². The summed E-state index contributed by atoms with van der Waals surface area (Å²) in [7, 11) is -3.34. The van der Waals surface area contributed by atoms with Crippen LogP contribution in [0.25, 0.3) is 0 Å². The molecule has 2 heterocycles. The van der Waals surface area contributed by atoms with E-state index in [1.807, 2.05) is 6.92 Å². The molecule has 1 saturated heterocycles. The van der Waals surface area contributed by atoms with E-state index in [4.69, 9.17) is 9.47 Å². The molecular weight excluding hydrogens is 372 g/mol. The minimum atomic E-state index is -3.34. The number of fused-ring (bicyclic) bond motifs is 1. The molecule has 9 heteroatoms. The predicted molar refractivity (Wildman–Crippen MR) is 99.6 cm³/mol. The maximum absolute atomic E-state index is 12.8. The lowest BCUT2D eigenvalue weighted by Gasteiger charge is -2.31. The Balaban J connectivity index is 1.76. The highest BCUT2D eigenvalue weighted by atomic mass is 32.2. The molecule has 1 aromatic carbocycles. The molecule has 1 N–H and O–H groups in total.